The van der Waals surface area contributed by atoms with E-state index in [0.29, 0.717) is 17.5 Å². The van der Waals surface area contributed by atoms with Gasteiger partial charge in [0, 0.05) is 25.6 Å². The van der Waals surface area contributed by atoms with E-state index in [4.69, 9.17) is 4.42 Å². The largest absolute Gasteiger partial charge is 0.456 e. The summed E-state index contributed by atoms with van der Waals surface area (Å²) in [5.74, 6) is 1.96. The summed E-state index contributed by atoms with van der Waals surface area (Å²) in [5.41, 5.74) is 1.11. The van der Waals surface area contributed by atoms with Gasteiger partial charge in [0.05, 0.1) is 0 Å². The minimum atomic E-state index is -0.289. The summed E-state index contributed by atoms with van der Waals surface area (Å²) in [5, 5.41) is 6.87. The van der Waals surface area contributed by atoms with Crippen molar-refractivity contribution in [3.63, 3.8) is 0 Å². The molecule has 0 bridgehead atoms. The van der Waals surface area contributed by atoms with Crippen LogP contribution in [0.2, 0.25) is 0 Å². The number of hydrogen-bond donors (Lipinski definition) is 1. The molecule has 3 heterocycles. The molecule has 2 aromatic heterocycles. The van der Waals surface area contributed by atoms with Crippen molar-refractivity contribution in [2.24, 2.45) is 7.05 Å². The Kier molecular flexibility index (Phi) is 4.47. The Balaban J connectivity index is 1.75. The highest BCUT2D eigenvalue weighted by molar-refractivity contribution is 6.01. The molecule has 124 valence electrons. The number of anilines is 1. The van der Waals surface area contributed by atoms with Crippen LogP contribution in [-0.4, -0.2) is 38.7 Å². The number of hydrogen-bond acceptors (Lipinski definition) is 5. The molecule has 23 heavy (non-hydrogen) atoms. The summed E-state index contributed by atoms with van der Waals surface area (Å²) < 4.78 is 7.30. The number of amides is 1. The van der Waals surface area contributed by atoms with Gasteiger partial charge in [0.1, 0.15) is 11.6 Å². The van der Waals surface area contributed by atoms with Crippen molar-refractivity contribution in [3.05, 3.63) is 29.0 Å². The quantitative estimate of drug-likeness (QED) is 0.914. The summed E-state index contributed by atoms with van der Waals surface area (Å²) in [6.45, 7) is 6.91. The van der Waals surface area contributed by atoms with Crippen molar-refractivity contribution in [2.45, 2.75) is 39.7 Å². The average molecular weight is 317 g/mol. The highest BCUT2D eigenvalue weighted by Crippen LogP contribution is 2.21. The van der Waals surface area contributed by atoms with E-state index < -0.39 is 0 Å². The molecule has 2 aromatic rings. The molecule has 1 amide bonds. The molecule has 0 aliphatic carbocycles. The van der Waals surface area contributed by atoms with Gasteiger partial charge in [-0.1, -0.05) is 6.92 Å². The maximum absolute atomic E-state index is 12.4. The highest BCUT2D eigenvalue weighted by Gasteiger charge is 2.20. The van der Waals surface area contributed by atoms with Gasteiger partial charge in [-0.3, -0.25) is 15.0 Å². The second kappa shape index (κ2) is 6.54. The first-order valence-corrected chi connectivity index (χ1v) is 8.09. The van der Waals surface area contributed by atoms with Crippen LogP contribution in [0.25, 0.3) is 0 Å². The Bertz CT molecular complexity index is 697. The van der Waals surface area contributed by atoms with Crippen molar-refractivity contribution in [1.82, 2.24) is 19.7 Å². The van der Waals surface area contributed by atoms with Gasteiger partial charge >= 0.3 is 0 Å². The number of aromatic nitrogens is 3. The molecule has 1 fully saturated rings. The lowest BCUT2D eigenvalue weighted by atomic mass is 10.2. The summed E-state index contributed by atoms with van der Waals surface area (Å²) in [4.78, 5) is 19.0. The van der Waals surface area contributed by atoms with E-state index in [1.807, 2.05) is 13.0 Å². The van der Waals surface area contributed by atoms with Crippen LogP contribution in [0, 0.1) is 6.92 Å². The van der Waals surface area contributed by atoms with Crippen LogP contribution >= 0.6 is 0 Å². The molecule has 0 unspecified atom stereocenters. The molecule has 0 spiro atoms. The monoisotopic (exact) mass is 317 g/mol. The van der Waals surface area contributed by atoms with Gasteiger partial charge in [0.2, 0.25) is 5.95 Å². The molecule has 1 N–H and O–H groups in total. The van der Waals surface area contributed by atoms with Crippen LogP contribution in [-0.2, 0) is 20.0 Å². The smallest absolute Gasteiger partial charge is 0.293 e. The first-order chi connectivity index (χ1) is 11.1. The highest BCUT2D eigenvalue weighted by atomic mass is 16.4. The third-order valence-corrected chi connectivity index (χ3v) is 4.13. The number of likely N-dealkylation sites (tertiary alicyclic amines) is 1. The van der Waals surface area contributed by atoms with E-state index in [9.17, 15) is 4.79 Å². The van der Waals surface area contributed by atoms with Gasteiger partial charge < -0.3 is 4.42 Å². The number of rotatable bonds is 5. The van der Waals surface area contributed by atoms with Crippen LogP contribution in [0.3, 0.4) is 0 Å². The van der Waals surface area contributed by atoms with E-state index >= 15 is 0 Å². The Morgan fingerprint density at radius 3 is 2.74 bits per heavy atom. The summed E-state index contributed by atoms with van der Waals surface area (Å²) in [7, 11) is 1.74. The number of furan rings is 1. The molecule has 1 saturated heterocycles. The lowest BCUT2D eigenvalue weighted by Crippen LogP contribution is -2.18. The summed E-state index contributed by atoms with van der Waals surface area (Å²) >= 11 is 0. The van der Waals surface area contributed by atoms with Crippen LogP contribution in [0.15, 0.2) is 10.5 Å². The van der Waals surface area contributed by atoms with Crippen molar-refractivity contribution in [1.29, 1.82) is 0 Å². The van der Waals surface area contributed by atoms with Crippen LogP contribution in [0.4, 0.5) is 5.95 Å². The van der Waals surface area contributed by atoms with E-state index in [2.05, 4.69) is 20.3 Å². The first kappa shape index (κ1) is 15.7. The minimum Gasteiger partial charge on any atom is -0.456 e. The molecular weight excluding hydrogens is 294 g/mol. The first-order valence-electron chi connectivity index (χ1n) is 8.09. The fourth-order valence-corrected chi connectivity index (χ4v) is 2.98. The molecule has 7 heteroatoms. The number of aryl methyl sites for hydroxylation is 3. The third kappa shape index (κ3) is 3.44. The van der Waals surface area contributed by atoms with Gasteiger partial charge in [0.15, 0.2) is 5.76 Å². The standard InChI is InChI=1S/C16H23N5O2/c1-4-13-12(10-21-7-5-6-8-21)9-14(23-13)15(22)18-16-17-11(2)19-20(16)3/h9H,4-8,10H2,1-3H3,(H,17,18,19,22). The van der Waals surface area contributed by atoms with Gasteiger partial charge in [-0.2, -0.15) is 10.1 Å². The number of carbonyl (C=O) groups is 1. The maximum atomic E-state index is 12.4. The normalized spacial score (nSPS) is 15.3. The Morgan fingerprint density at radius 2 is 2.13 bits per heavy atom. The zero-order valence-corrected chi connectivity index (χ0v) is 13.9. The predicted molar refractivity (Wildman–Crippen MR) is 86.3 cm³/mol. The van der Waals surface area contributed by atoms with Gasteiger partial charge in [-0.05, 0) is 38.9 Å². The lowest BCUT2D eigenvalue weighted by molar-refractivity contribution is 0.0993. The second-order valence-electron chi connectivity index (χ2n) is 5.96. The van der Waals surface area contributed by atoms with Crippen LogP contribution in [0.1, 0.15) is 47.5 Å². The van der Waals surface area contributed by atoms with Crippen LogP contribution in [0.5, 0.6) is 0 Å². The van der Waals surface area contributed by atoms with E-state index in [1.54, 1.807) is 18.7 Å². The predicted octanol–water partition coefficient (Wildman–Crippen LogP) is 2.13. The number of nitrogens with zero attached hydrogens (tertiary/aromatic N) is 4. The van der Waals surface area contributed by atoms with E-state index in [-0.39, 0.29) is 5.91 Å². The van der Waals surface area contributed by atoms with Crippen LogP contribution < -0.4 is 5.32 Å². The Hall–Kier alpha value is -2.15. The van der Waals surface area contributed by atoms with Crippen molar-refractivity contribution >= 4 is 11.9 Å². The molecule has 0 atom stereocenters. The summed E-state index contributed by atoms with van der Waals surface area (Å²) in [6.07, 6.45) is 3.27. The molecule has 0 radical (unpaired) electrons. The van der Waals surface area contributed by atoms with Gasteiger partial charge in [-0.15, -0.1) is 0 Å². The fraction of sp³-hybridized carbons (Fsp3) is 0.562. The SMILES string of the molecule is CCc1oc(C(=O)Nc2nc(C)nn2C)cc1CN1CCCC1. The molecule has 1 aliphatic heterocycles. The Morgan fingerprint density at radius 1 is 1.39 bits per heavy atom. The Labute approximate surface area is 135 Å². The van der Waals surface area contributed by atoms with E-state index in [0.717, 1.165) is 37.4 Å². The van der Waals surface area contributed by atoms with Gasteiger partial charge in [0.25, 0.3) is 5.91 Å². The van der Waals surface area contributed by atoms with Crippen molar-refractivity contribution in [2.75, 3.05) is 18.4 Å². The van der Waals surface area contributed by atoms with E-state index in [1.165, 1.54) is 12.8 Å². The fourth-order valence-electron chi connectivity index (χ4n) is 2.98. The second-order valence-corrected chi connectivity index (χ2v) is 5.96. The van der Waals surface area contributed by atoms with Crippen molar-refractivity contribution < 1.29 is 9.21 Å². The lowest BCUT2D eigenvalue weighted by Gasteiger charge is -2.13. The summed E-state index contributed by atoms with van der Waals surface area (Å²) in [6, 6.07) is 1.86. The molecule has 0 aromatic carbocycles. The molecule has 0 saturated carbocycles. The topological polar surface area (TPSA) is 76.2 Å². The zero-order valence-electron chi connectivity index (χ0n) is 13.9. The minimum absolute atomic E-state index is 0.289. The average Bonchev–Trinajstić information content (AvgIpc) is 3.21. The molecular formula is C16H23N5O2. The van der Waals surface area contributed by atoms with Gasteiger partial charge in [-0.25, -0.2) is 4.68 Å². The molecule has 1 aliphatic rings. The van der Waals surface area contributed by atoms with Crippen molar-refractivity contribution in [3.8, 4) is 0 Å². The zero-order chi connectivity index (χ0) is 16.4. The molecule has 7 nitrogen and oxygen atoms in total. The number of carbonyl (C=O) groups excluding carboxylic acids is 1. The number of nitrogens with one attached hydrogen (secondary N) is 1. The maximum Gasteiger partial charge on any atom is 0.293 e. The third-order valence-electron chi connectivity index (χ3n) is 4.13. The molecule has 3 rings (SSSR count).